The van der Waals surface area contributed by atoms with Crippen LogP contribution in [0.2, 0.25) is 0 Å². The van der Waals surface area contributed by atoms with E-state index in [4.69, 9.17) is 0 Å². The first-order valence-corrected chi connectivity index (χ1v) is 7.03. The average Bonchev–Trinajstić information content (AvgIpc) is 3.02. The average molecular weight is 309 g/mol. The molecule has 0 unspecified atom stereocenters. The van der Waals surface area contributed by atoms with Crippen molar-refractivity contribution in [2.45, 2.75) is 13.0 Å². The van der Waals surface area contributed by atoms with Gasteiger partial charge in [-0.2, -0.15) is 14.6 Å². The van der Waals surface area contributed by atoms with Crippen LogP contribution in [0.5, 0.6) is 5.88 Å². The highest BCUT2D eigenvalue weighted by molar-refractivity contribution is 5.78. The van der Waals surface area contributed by atoms with Gasteiger partial charge in [-0.15, -0.1) is 0 Å². The number of aromatic hydroxyl groups is 1. The molecule has 0 aliphatic heterocycles. The Labute approximate surface area is 132 Å². The van der Waals surface area contributed by atoms with Gasteiger partial charge in [0.2, 0.25) is 11.8 Å². The number of fused-ring (bicyclic) bond motifs is 1. The molecule has 0 saturated carbocycles. The molecule has 0 aliphatic carbocycles. The number of carbonyl (C=O) groups is 1. The number of hydrogen-bond acceptors (Lipinski definition) is 5. The van der Waals surface area contributed by atoms with Crippen LogP contribution in [0.4, 0.5) is 0 Å². The van der Waals surface area contributed by atoms with Gasteiger partial charge in [0.1, 0.15) is 6.33 Å². The summed E-state index contributed by atoms with van der Waals surface area (Å²) in [6.45, 7) is 4.16. The van der Waals surface area contributed by atoms with Crippen molar-refractivity contribution >= 4 is 17.8 Å². The van der Waals surface area contributed by atoms with Crippen molar-refractivity contribution in [1.82, 2.24) is 24.9 Å². The van der Waals surface area contributed by atoms with Crippen LogP contribution in [0.3, 0.4) is 0 Å². The predicted molar refractivity (Wildman–Crippen MR) is 84.5 cm³/mol. The van der Waals surface area contributed by atoms with Crippen LogP contribution in [0.25, 0.3) is 11.9 Å². The van der Waals surface area contributed by atoms with E-state index in [0.29, 0.717) is 12.2 Å². The van der Waals surface area contributed by atoms with E-state index in [2.05, 4.69) is 27.0 Å². The summed E-state index contributed by atoms with van der Waals surface area (Å²) in [5.74, 6) is -0.0447. The summed E-state index contributed by atoms with van der Waals surface area (Å²) in [6.07, 6.45) is 3.09. The minimum atomic E-state index is -0.195. The van der Waals surface area contributed by atoms with Crippen molar-refractivity contribution in [3.63, 3.8) is 0 Å². The predicted octanol–water partition coefficient (Wildman–Crippen LogP) is 1.33. The van der Waals surface area contributed by atoms with Crippen molar-refractivity contribution in [3.05, 3.63) is 60.1 Å². The monoisotopic (exact) mass is 309 g/mol. The Bertz CT molecular complexity index is 872. The summed E-state index contributed by atoms with van der Waals surface area (Å²) >= 11 is 0. The maximum atomic E-state index is 12.1. The maximum Gasteiger partial charge on any atom is 0.255 e. The molecule has 7 heteroatoms. The second kappa shape index (κ2) is 6.27. The first kappa shape index (κ1) is 14.7. The van der Waals surface area contributed by atoms with Gasteiger partial charge in [0.25, 0.3) is 5.78 Å². The van der Waals surface area contributed by atoms with Crippen LogP contribution in [0.1, 0.15) is 16.8 Å². The minimum Gasteiger partial charge on any atom is -0.493 e. The highest BCUT2D eigenvalue weighted by Crippen LogP contribution is 2.12. The summed E-state index contributed by atoms with van der Waals surface area (Å²) < 4.78 is 1.20. The third-order valence-electron chi connectivity index (χ3n) is 3.38. The fourth-order valence-corrected chi connectivity index (χ4v) is 2.25. The van der Waals surface area contributed by atoms with Crippen molar-refractivity contribution in [3.8, 4) is 5.88 Å². The molecule has 2 N–H and O–H groups in total. The lowest BCUT2D eigenvalue weighted by atomic mass is 10.1. The minimum absolute atomic E-state index is 0.0488. The molecule has 2 heterocycles. The first-order chi connectivity index (χ1) is 11.2. The standard InChI is InChI=1S/C16H15N5O2/c1-2-11-5-3-4-6-12(11)9-17-14(22)7-13-8-15(23)21-16(20-13)18-10-19-21/h2-6,8,10,23H,1,7,9H2,(H,17,22). The lowest BCUT2D eigenvalue weighted by Gasteiger charge is -2.08. The molecule has 116 valence electrons. The van der Waals surface area contributed by atoms with E-state index in [-0.39, 0.29) is 24.0 Å². The van der Waals surface area contributed by atoms with Gasteiger partial charge in [0.05, 0.1) is 12.1 Å². The van der Waals surface area contributed by atoms with Gasteiger partial charge in [-0.1, -0.05) is 36.9 Å². The summed E-state index contributed by atoms with van der Waals surface area (Å²) in [5, 5.41) is 16.5. The SMILES string of the molecule is C=Cc1ccccc1CNC(=O)Cc1cc(O)n2ncnc2n1. The Morgan fingerprint density at radius 3 is 3.04 bits per heavy atom. The van der Waals surface area contributed by atoms with Crippen LogP contribution < -0.4 is 5.32 Å². The molecule has 2 aromatic heterocycles. The zero-order valence-corrected chi connectivity index (χ0v) is 12.3. The smallest absolute Gasteiger partial charge is 0.255 e. The van der Waals surface area contributed by atoms with Gasteiger partial charge in [0.15, 0.2) is 0 Å². The molecule has 7 nitrogen and oxygen atoms in total. The molecule has 0 bridgehead atoms. The van der Waals surface area contributed by atoms with Gasteiger partial charge in [-0.05, 0) is 11.1 Å². The molecular formula is C16H15N5O2. The Balaban J connectivity index is 1.67. The quantitative estimate of drug-likeness (QED) is 0.742. The normalized spacial score (nSPS) is 10.6. The van der Waals surface area contributed by atoms with Crippen molar-refractivity contribution in [2.24, 2.45) is 0 Å². The molecule has 0 spiro atoms. The summed E-state index contributed by atoms with van der Waals surface area (Å²) in [4.78, 5) is 20.1. The molecule has 1 amide bonds. The van der Waals surface area contributed by atoms with Crippen LogP contribution >= 0.6 is 0 Å². The third kappa shape index (κ3) is 3.18. The summed E-state index contributed by atoms with van der Waals surface area (Å²) in [5.41, 5.74) is 2.39. The Kier molecular flexibility index (Phi) is 4.01. The lowest BCUT2D eigenvalue weighted by Crippen LogP contribution is -2.25. The molecule has 0 radical (unpaired) electrons. The van der Waals surface area contributed by atoms with Gasteiger partial charge in [0, 0.05) is 12.6 Å². The van der Waals surface area contributed by atoms with Crippen LogP contribution in [0, 0.1) is 0 Å². The number of rotatable bonds is 5. The lowest BCUT2D eigenvalue weighted by molar-refractivity contribution is -0.120. The number of nitrogens with one attached hydrogen (secondary N) is 1. The Morgan fingerprint density at radius 1 is 1.39 bits per heavy atom. The topological polar surface area (TPSA) is 92.4 Å². The fraction of sp³-hybridized carbons (Fsp3) is 0.125. The molecule has 1 aromatic carbocycles. The number of amides is 1. The van der Waals surface area contributed by atoms with Crippen molar-refractivity contribution in [1.29, 1.82) is 0 Å². The Morgan fingerprint density at radius 2 is 2.22 bits per heavy atom. The highest BCUT2D eigenvalue weighted by atomic mass is 16.3. The molecule has 0 fully saturated rings. The largest absolute Gasteiger partial charge is 0.493 e. The van der Waals surface area contributed by atoms with Crippen molar-refractivity contribution in [2.75, 3.05) is 0 Å². The van der Waals surface area contributed by atoms with Gasteiger partial charge >= 0.3 is 0 Å². The molecule has 3 aromatic rings. The van der Waals surface area contributed by atoms with E-state index in [0.717, 1.165) is 11.1 Å². The second-order valence-electron chi connectivity index (χ2n) is 4.93. The second-order valence-corrected chi connectivity index (χ2v) is 4.93. The zero-order chi connectivity index (χ0) is 16.2. The van der Waals surface area contributed by atoms with Gasteiger partial charge in [-0.25, -0.2) is 4.98 Å². The molecule has 0 aliphatic rings. The zero-order valence-electron chi connectivity index (χ0n) is 12.3. The fourth-order valence-electron chi connectivity index (χ4n) is 2.25. The molecule has 0 saturated heterocycles. The van der Waals surface area contributed by atoms with Crippen LogP contribution in [0.15, 0.2) is 43.2 Å². The molecule has 23 heavy (non-hydrogen) atoms. The number of carbonyl (C=O) groups excluding carboxylic acids is 1. The van der Waals surface area contributed by atoms with E-state index < -0.39 is 0 Å². The molecular weight excluding hydrogens is 294 g/mol. The molecule has 3 rings (SSSR count). The van der Waals surface area contributed by atoms with Gasteiger partial charge in [-0.3, -0.25) is 4.79 Å². The maximum absolute atomic E-state index is 12.1. The van der Waals surface area contributed by atoms with E-state index >= 15 is 0 Å². The molecule has 0 atom stereocenters. The number of nitrogens with zero attached hydrogens (tertiary/aromatic N) is 4. The van der Waals surface area contributed by atoms with E-state index in [1.54, 1.807) is 6.08 Å². The highest BCUT2D eigenvalue weighted by Gasteiger charge is 2.10. The van der Waals surface area contributed by atoms with Gasteiger partial charge < -0.3 is 10.4 Å². The van der Waals surface area contributed by atoms with E-state index in [1.165, 1.54) is 16.9 Å². The first-order valence-electron chi connectivity index (χ1n) is 7.03. The summed E-state index contributed by atoms with van der Waals surface area (Å²) in [7, 11) is 0. The third-order valence-corrected chi connectivity index (χ3v) is 3.38. The summed E-state index contributed by atoms with van der Waals surface area (Å²) in [6, 6.07) is 9.10. The van der Waals surface area contributed by atoms with Crippen molar-refractivity contribution < 1.29 is 9.90 Å². The Hall–Kier alpha value is -3.22. The van der Waals surface area contributed by atoms with Crippen LogP contribution in [-0.4, -0.2) is 30.6 Å². The van der Waals surface area contributed by atoms with E-state index in [9.17, 15) is 9.90 Å². The number of aromatic nitrogens is 4. The number of hydrogen-bond donors (Lipinski definition) is 2. The van der Waals surface area contributed by atoms with E-state index in [1.807, 2.05) is 24.3 Å². The van der Waals surface area contributed by atoms with Crippen LogP contribution in [-0.2, 0) is 17.8 Å². The number of benzene rings is 1.